The predicted octanol–water partition coefficient (Wildman–Crippen LogP) is 2.22. The Labute approximate surface area is 126 Å². The van der Waals surface area contributed by atoms with E-state index < -0.39 is 6.10 Å². The molecule has 4 nitrogen and oxygen atoms in total. The van der Waals surface area contributed by atoms with Gasteiger partial charge < -0.3 is 19.9 Å². The van der Waals surface area contributed by atoms with E-state index in [1.54, 1.807) is 12.1 Å². The van der Waals surface area contributed by atoms with E-state index in [1.165, 1.54) is 12.1 Å². The first-order chi connectivity index (χ1) is 10.1. The first-order valence-electron chi connectivity index (χ1n) is 7.43. The number of nitrogens with one attached hydrogen (secondary N) is 1. The number of ether oxygens (including phenoxy) is 2. The third-order valence-electron chi connectivity index (χ3n) is 2.73. The van der Waals surface area contributed by atoms with Gasteiger partial charge in [-0.3, -0.25) is 0 Å². The second kappa shape index (κ2) is 10.5. The zero-order valence-corrected chi connectivity index (χ0v) is 12.8. The van der Waals surface area contributed by atoms with Crippen molar-refractivity contribution in [3.8, 4) is 5.75 Å². The molecule has 0 saturated heterocycles. The highest BCUT2D eigenvalue weighted by atomic mass is 19.1. The molecular weight excluding hydrogens is 273 g/mol. The smallest absolute Gasteiger partial charge is 0.123 e. The molecule has 120 valence electrons. The van der Waals surface area contributed by atoms with E-state index in [1.807, 2.05) is 0 Å². The number of aliphatic hydroxyl groups excluding tert-OH is 1. The molecule has 0 spiro atoms. The molecule has 1 aromatic carbocycles. The summed E-state index contributed by atoms with van der Waals surface area (Å²) in [7, 11) is 0. The minimum atomic E-state index is -0.591. The van der Waals surface area contributed by atoms with E-state index >= 15 is 0 Å². The third kappa shape index (κ3) is 9.39. The van der Waals surface area contributed by atoms with Crippen LogP contribution in [0.25, 0.3) is 0 Å². The Morgan fingerprint density at radius 1 is 1.19 bits per heavy atom. The fraction of sp³-hybridized carbons (Fsp3) is 0.625. The largest absolute Gasteiger partial charge is 0.491 e. The molecule has 1 unspecified atom stereocenters. The van der Waals surface area contributed by atoms with Gasteiger partial charge in [0.05, 0.1) is 0 Å². The Balaban J connectivity index is 1.98. The fourth-order valence-corrected chi connectivity index (χ4v) is 1.67. The first-order valence-corrected chi connectivity index (χ1v) is 7.43. The highest BCUT2D eigenvalue weighted by Crippen LogP contribution is 2.11. The second-order valence-electron chi connectivity index (χ2n) is 5.45. The van der Waals surface area contributed by atoms with Crippen LogP contribution in [0.4, 0.5) is 4.39 Å². The lowest BCUT2D eigenvalue weighted by molar-refractivity contribution is 0.0980. The number of hydrogen-bond donors (Lipinski definition) is 2. The van der Waals surface area contributed by atoms with Crippen molar-refractivity contribution < 1.29 is 19.0 Å². The van der Waals surface area contributed by atoms with Crippen LogP contribution in [0, 0.1) is 11.7 Å². The molecule has 5 heteroatoms. The Morgan fingerprint density at radius 3 is 2.57 bits per heavy atom. The summed E-state index contributed by atoms with van der Waals surface area (Å²) in [5.74, 6) is 0.810. The molecule has 0 aliphatic heterocycles. The first kappa shape index (κ1) is 17.9. The average molecular weight is 299 g/mol. The fourth-order valence-electron chi connectivity index (χ4n) is 1.67. The lowest BCUT2D eigenvalue weighted by atomic mass is 10.2. The molecule has 1 rings (SSSR count). The van der Waals surface area contributed by atoms with Crippen LogP contribution in [0.15, 0.2) is 24.3 Å². The van der Waals surface area contributed by atoms with Crippen molar-refractivity contribution >= 4 is 0 Å². The Kier molecular flexibility index (Phi) is 8.98. The van der Waals surface area contributed by atoms with Gasteiger partial charge in [0.2, 0.25) is 0 Å². The van der Waals surface area contributed by atoms with Crippen molar-refractivity contribution in [3.05, 3.63) is 30.1 Å². The molecule has 0 saturated carbocycles. The van der Waals surface area contributed by atoms with Crippen molar-refractivity contribution in [1.82, 2.24) is 5.32 Å². The molecule has 21 heavy (non-hydrogen) atoms. The number of rotatable bonds is 11. The summed E-state index contributed by atoms with van der Waals surface area (Å²) in [4.78, 5) is 0. The highest BCUT2D eigenvalue weighted by molar-refractivity contribution is 5.22. The van der Waals surface area contributed by atoms with Crippen LogP contribution in [0.3, 0.4) is 0 Å². The van der Waals surface area contributed by atoms with Crippen LogP contribution in [0.1, 0.15) is 20.3 Å². The molecule has 0 aliphatic carbocycles. The van der Waals surface area contributed by atoms with E-state index in [2.05, 4.69) is 19.2 Å². The second-order valence-corrected chi connectivity index (χ2v) is 5.45. The van der Waals surface area contributed by atoms with Gasteiger partial charge in [0.1, 0.15) is 24.3 Å². The number of halogens is 1. The van der Waals surface area contributed by atoms with E-state index in [9.17, 15) is 9.50 Å². The maximum absolute atomic E-state index is 12.7. The molecule has 1 aromatic rings. The van der Waals surface area contributed by atoms with Crippen LogP contribution < -0.4 is 10.1 Å². The minimum absolute atomic E-state index is 0.183. The summed E-state index contributed by atoms with van der Waals surface area (Å²) >= 11 is 0. The van der Waals surface area contributed by atoms with Crippen molar-refractivity contribution in [3.63, 3.8) is 0 Å². The summed E-state index contributed by atoms with van der Waals surface area (Å²) in [5.41, 5.74) is 0. The zero-order valence-electron chi connectivity index (χ0n) is 12.8. The van der Waals surface area contributed by atoms with Crippen molar-refractivity contribution in [2.24, 2.45) is 5.92 Å². The van der Waals surface area contributed by atoms with Gasteiger partial charge in [-0.25, -0.2) is 4.39 Å². The molecule has 1 atom stereocenters. The van der Waals surface area contributed by atoms with E-state index in [4.69, 9.17) is 9.47 Å². The highest BCUT2D eigenvalue weighted by Gasteiger charge is 2.05. The van der Waals surface area contributed by atoms with Crippen LogP contribution in [0.2, 0.25) is 0 Å². The van der Waals surface area contributed by atoms with Crippen molar-refractivity contribution in [2.45, 2.75) is 26.4 Å². The monoisotopic (exact) mass is 299 g/mol. The van der Waals surface area contributed by atoms with Gasteiger partial charge in [-0.15, -0.1) is 0 Å². The molecule has 0 aromatic heterocycles. The standard InChI is InChI=1S/C16H26FNO3/c1-13(2)11-20-9-3-8-18-10-15(19)12-21-16-6-4-14(17)5-7-16/h4-7,13,15,18-19H,3,8-12H2,1-2H3. The molecule has 0 radical (unpaired) electrons. The number of aliphatic hydroxyl groups is 1. The molecule has 0 aliphatic rings. The van der Waals surface area contributed by atoms with Crippen LogP contribution in [0.5, 0.6) is 5.75 Å². The maximum Gasteiger partial charge on any atom is 0.123 e. The quantitative estimate of drug-likeness (QED) is 0.615. The zero-order chi connectivity index (χ0) is 15.5. The van der Waals surface area contributed by atoms with Gasteiger partial charge in [0, 0.05) is 19.8 Å². The van der Waals surface area contributed by atoms with Gasteiger partial charge in [-0.2, -0.15) is 0 Å². The maximum atomic E-state index is 12.7. The van der Waals surface area contributed by atoms with E-state index in [-0.39, 0.29) is 12.4 Å². The lowest BCUT2D eigenvalue weighted by Gasteiger charge is -2.13. The third-order valence-corrected chi connectivity index (χ3v) is 2.73. The Morgan fingerprint density at radius 2 is 1.90 bits per heavy atom. The Bertz CT molecular complexity index is 370. The van der Waals surface area contributed by atoms with Gasteiger partial charge in [0.25, 0.3) is 0 Å². The number of benzene rings is 1. The van der Waals surface area contributed by atoms with E-state index in [0.29, 0.717) is 18.2 Å². The van der Waals surface area contributed by atoms with Gasteiger partial charge >= 0.3 is 0 Å². The molecule has 0 bridgehead atoms. The summed E-state index contributed by atoms with van der Waals surface area (Å²) in [6, 6.07) is 5.75. The van der Waals surface area contributed by atoms with E-state index in [0.717, 1.165) is 26.2 Å². The van der Waals surface area contributed by atoms with Crippen LogP contribution in [-0.2, 0) is 4.74 Å². The van der Waals surface area contributed by atoms with Crippen LogP contribution >= 0.6 is 0 Å². The van der Waals surface area contributed by atoms with Gasteiger partial charge in [-0.05, 0) is 43.1 Å². The topological polar surface area (TPSA) is 50.7 Å². The Hall–Kier alpha value is -1.17. The van der Waals surface area contributed by atoms with Gasteiger partial charge in [0.15, 0.2) is 0 Å². The van der Waals surface area contributed by atoms with Crippen molar-refractivity contribution in [1.29, 1.82) is 0 Å². The normalized spacial score (nSPS) is 12.6. The summed E-state index contributed by atoms with van der Waals surface area (Å²) in [6.07, 6.45) is 0.324. The van der Waals surface area contributed by atoms with Gasteiger partial charge in [-0.1, -0.05) is 13.8 Å². The minimum Gasteiger partial charge on any atom is -0.491 e. The predicted molar refractivity (Wildman–Crippen MR) is 81.0 cm³/mol. The van der Waals surface area contributed by atoms with Crippen LogP contribution in [-0.4, -0.2) is 44.1 Å². The summed E-state index contributed by atoms with van der Waals surface area (Å²) in [6.45, 7) is 7.20. The molecule has 0 amide bonds. The molecule has 0 fully saturated rings. The molecular formula is C16H26FNO3. The SMILES string of the molecule is CC(C)COCCCNCC(O)COc1ccc(F)cc1. The summed E-state index contributed by atoms with van der Waals surface area (Å²) < 4.78 is 23.5. The summed E-state index contributed by atoms with van der Waals surface area (Å²) in [5, 5.41) is 12.9. The van der Waals surface area contributed by atoms with Crippen molar-refractivity contribution in [2.75, 3.05) is 32.9 Å². The lowest BCUT2D eigenvalue weighted by Crippen LogP contribution is -2.32. The average Bonchev–Trinajstić information content (AvgIpc) is 2.45. The molecule has 2 N–H and O–H groups in total. The number of hydrogen-bond acceptors (Lipinski definition) is 4. The molecule has 0 heterocycles.